The molecule has 0 aliphatic carbocycles. The van der Waals surface area contributed by atoms with Gasteiger partial charge in [0.05, 0.1) is 26.3 Å². The number of ether oxygens (including phenoxy) is 2. The van der Waals surface area contributed by atoms with Gasteiger partial charge >= 0.3 is 0 Å². The molecule has 0 atom stereocenters. The van der Waals surface area contributed by atoms with Crippen molar-refractivity contribution >= 4 is 45.5 Å². The maximum atomic E-state index is 13.1. The molecule has 0 fully saturated rings. The van der Waals surface area contributed by atoms with Crippen LogP contribution in [0, 0.1) is 0 Å². The first kappa shape index (κ1) is 20.5. The van der Waals surface area contributed by atoms with Crippen molar-refractivity contribution in [1.82, 2.24) is 0 Å². The van der Waals surface area contributed by atoms with Crippen LogP contribution in [0.4, 0.5) is 11.4 Å². The summed E-state index contributed by atoms with van der Waals surface area (Å²) in [5, 5.41) is 8.19. The minimum absolute atomic E-state index is 0.00519. The van der Waals surface area contributed by atoms with Crippen LogP contribution in [-0.4, -0.2) is 26.0 Å². The molecule has 2 N–H and O–H groups in total. The van der Waals surface area contributed by atoms with E-state index in [0.29, 0.717) is 33.8 Å². The molecule has 0 saturated carbocycles. The fraction of sp³-hybridized carbons (Fsp3) is 0.130. The van der Waals surface area contributed by atoms with Crippen LogP contribution in [0.3, 0.4) is 0 Å². The SMILES string of the molecule is COc1ccc(OC)c(NC(=O)c2oc3ccccc3c2NC(=O)Cc2cccs2)c1. The Bertz CT molecular complexity index is 1230. The number of furan rings is 1. The monoisotopic (exact) mass is 436 g/mol. The molecule has 4 aromatic rings. The normalized spacial score (nSPS) is 10.6. The molecule has 0 aliphatic heterocycles. The first-order valence-electron chi connectivity index (χ1n) is 9.46. The fourth-order valence-corrected chi connectivity index (χ4v) is 3.88. The second kappa shape index (κ2) is 8.93. The Kier molecular flexibility index (Phi) is 5.90. The Morgan fingerprint density at radius 1 is 1.00 bits per heavy atom. The van der Waals surface area contributed by atoms with E-state index < -0.39 is 5.91 Å². The van der Waals surface area contributed by atoms with Gasteiger partial charge in [0.1, 0.15) is 22.8 Å². The van der Waals surface area contributed by atoms with Gasteiger partial charge in [-0.25, -0.2) is 0 Å². The molecule has 2 amide bonds. The van der Waals surface area contributed by atoms with Crippen LogP contribution in [0.1, 0.15) is 15.4 Å². The van der Waals surface area contributed by atoms with Crippen molar-refractivity contribution in [2.45, 2.75) is 6.42 Å². The summed E-state index contributed by atoms with van der Waals surface area (Å²) in [6.45, 7) is 0. The lowest BCUT2D eigenvalue weighted by molar-refractivity contribution is -0.115. The Morgan fingerprint density at radius 3 is 2.58 bits per heavy atom. The highest BCUT2D eigenvalue weighted by molar-refractivity contribution is 7.10. The first-order valence-corrected chi connectivity index (χ1v) is 10.3. The van der Waals surface area contributed by atoms with Gasteiger partial charge in [0, 0.05) is 16.3 Å². The lowest BCUT2D eigenvalue weighted by atomic mass is 10.2. The van der Waals surface area contributed by atoms with Crippen molar-refractivity contribution in [1.29, 1.82) is 0 Å². The predicted octanol–water partition coefficient (Wildman–Crippen LogP) is 4.95. The molecule has 0 unspecified atom stereocenters. The molecule has 2 aromatic carbocycles. The molecule has 2 heterocycles. The minimum atomic E-state index is -0.519. The molecule has 0 aliphatic rings. The van der Waals surface area contributed by atoms with E-state index in [1.807, 2.05) is 23.6 Å². The smallest absolute Gasteiger partial charge is 0.293 e. The molecule has 31 heavy (non-hydrogen) atoms. The number of hydrogen-bond donors (Lipinski definition) is 2. The second-order valence-corrected chi connectivity index (χ2v) is 7.66. The molecule has 8 heteroatoms. The number of thiophene rings is 1. The van der Waals surface area contributed by atoms with E-state index >= 15 is 0 Å². The number of hydrogen-bond acceptors (Lipinski definition) is 6. The maximum Gasteiger partial charge on any atom is 0.293 e. The van der Waals surface area contributed by atoms with Crippen molar-refractivity contribution in [3.8, 4) is 11.5 Å². The van der Waals surface area contributed by atoms with Gasteiger partial charge < -0.3 is 24.5 Å². The third-order valence-electron chi connectivity index (χ3n) is 4.64. The molecule has 2 aromatic heterocycles. The zero-order valence-corrected chi connectivity index (χ0v) is 17.7. The number of carbonyl (C=O) groups is 2. The van der Waals surface area contributed by atoms with E-state index in [1.54, 1.807) is 36.4 Å². The third-order valence-corrected chi connectivity index (χ3v) is 5.51. The van der Waals surface area contributed by atoms with Crippen LogP contribution in [0.15, 0.2) is 64.4 Å². The molecule has 0 saturated heterocycles. The average molecular weight is 436 g/mol. The highest BCUT2D eigenvalue weighted by Gasteiger charge is 2.23. The predicted molar refractivity (Wildman–Crippen MR) is 120 cm³/mol. The Morgan fingerprint density at radius 2 is 1.84 bits per heavy atom. The number of anilines is 2. The molecule has 158 valence electrons. The van der Waals surface area contributed by atoms with Gasteiger partial charge in [-0.2, -0.15) is 0 Å². The number of fused-ring (bicyclic) bond motifs is 1. The number of rotatable bonds is 7. The third kappa shape index (κ3) is 4.39. The van der Waals surface area contributed by atoms with E-state index in [4.69, 9.17) is 13.9 Å². The number of benzene rings is 2. The van der Waals surface area contributed by atoms with Gasteiger partial charge in [-0.3, -0.25) is 9.59 Å². The zero-order chi connectivity index (χ0) is 21.8. The lowest BCUT2D eigenvalue weighted by Gasteiger charge is -2.12. The summed E-state index contributed by atoms with van der Waals surface area (Å²) in [4.78, 5) is 26.7. The van der Waals surface area contributed by atoms with E-state index in [9.17, 15) is 9.59 Å². The van der Waals surface area contributed by atoms with Gasteiger partial charge in [-0.1, -0.05) is 18.2 Å². The fourth-order valence-electron chi connectivity index (χ4n) is 3.18. The number of methoxy groups -OCH3 is 2. The van der Waals surface area contributed by atoms with Gasteiger partial charge in [-0.05, 0) is 35.7 Å². The minimum Gasteiger partial charge on any atom is -0.497 e. The number of carbonyl (C=O) groups excluding carboxylic acids is 2. The Labute approximate surface area is 182 Å². The van der Waals surface area contributed by atoms with E-state index in [2.05, 4.69) is 10.6 Å². The van der Waals surface area contributed by atoms with Crippen LogP contribution < -0.4 is 20.1 Å². The summed E-state index contributed by atoms with van der Waals surface area (Å²) in [7, 11) is 3.04. The summed E-state index contributed by atoms with van der Waals surface area (Å²) in [5.41, 5.74) is 1.25. The van der Waals surface area contributed by atoms with Crippen molar-refractivity contribution in [3.05, 3.63) is 70.6 Å². The highest BCUT2D eigenvalue weighted by Crippen LogP contribution is 2.34. The van der Waals surface area contributed by atoms with Crippen LogP contribution in [0.5, 0.6) is 11.5 Å². The lowest BCUT2D eigenvalue weighted by Crippen LogP contribution is -2.18. The van der Waals surface area contributed by atoms with Crippen LogP contribution in [0.2, 0.25) is 0 Å². The maximum absolute atomic E-state index is 13.1. The van der Waals surface area contributed by atoms with Crippen molar-refractivity contribution in [3.63, 3.8) is 0 Å². The average Bonchev–Trinajstić information content (AvgIpc) is 3.42. The summed E-state index contributed by atoms with van der Waals surface area (Å²) in [6, 6.07) is 16.0. The van der Waals surface area contributed by atoms with Crippen LogP contribution in [0.25, 0.3) is 11.0 Å². The summed E-state index contributed by atoms with van der Waals surface area (Å²) in [6.07, 6.45) is 0.210. The summed E-state index contributed by atoms with van der Waals surface area (Å²) < 4.78 is 16.4. The molecular formula is C23H20N2O5S. The number of amides is 2. The molecule has 0 radical (unpaired) electrons. The highest BCUT2D eigenvalue weighted by atomic mass is 32.1. The van der Waals surface area contributed by atoms with E-state index in [1.165, 1.54) is 25.6 Å². The van der Waals surface area contributed by atoms with Crippen molar-refractivity contribution in [2.75, 3.05) is 24.9 Å². The quantitative estimate of drug-likeness (QED) is 0.428. The summed E-state index contributed by atoms with van der Waals surface area (Å²) >= 11 is 1.50. The molecular weight excluding hydrogens is 416 g/mol. The Hall–Kier alpha value is -3.78. The van der Waals surface area contributed by atoms with E-state index in [-0.39, 0.29) is 18.1 Å². The molecule has 7 nitrogen and oxygen atoms in total. The van der Waals surface area contributed by atoms with Gasteiger partial charge in [-0.15, -0.1) is 11.3 Å². The topological polar surface area (TPSA) is 89.8 Å². The van der Waals surface area contributed by atoms with Crippen molar-refractivity contribution in [2.24, 2.45) is 0 Å². The number of para-hydroxylation sites is 1. The van der Waals surface area contributed by atoms with Gasteiger partial charge in [0.15, 0.2) is 0 Å². The van der Waals surface area contributed by atoms with Gasteiger partial charge in [0.25, 0.3) is 5.91 Å². The van der Waals surface area contributed by atoms with E-state index in [0.717, 1.165) is 4.88 Å². The molecule has 4 rings (SSSR count). The van der Waals surface area contributed by atoms with Gasteiger partial charge in [0.2, 0.25) is 11.7 Å². The first-order chi connectivity index (χ1) is 15.1. The standard InChI is InChI=1S/C23H20N2O5S/c1-28-14-9-10-19(29-2)17(12-14)24-23(27)22-21(16-7-3-4-8-18(16)30-22)25-20(26)13-15-6-5-11-31-15/h3-12H,13H2,1-2H3,(H,24,27)(H,25,26). The zero-order valence-electron chi connectivity index (χ0n) is 16.9. The number of nitrogens with one attached hydrogen (secondary N) is 2. The van der Waals surface area contributed by atoms with Crippen molar-refractivity contribution < 1.29 is 23.5 Å². The van der Waals surface area contributed by atoms with Crippen LogP contribution >= 0.6 is 11.3 Å². The second-order valence-electron chi connectivity index (χ2n) is 6.63. The summed E-state index contributed by atoms with van der Waals surface area (Å²) in [5.74, 6) is 0.278. The Balaban J connectivity index is 1.66. The largest absolute Gasteiger partial charge is 0.497 e. The molecule has 0 spiro atoms. The molecule has 0 bridgehead atoms. The van der Waals surface area contributed by atoms with Crippen LogP contribution in [-0.2, 0) is 11.2 Å².